The highest BCUT2D eigenvalue weighted by Crippen LogP contribution is 2.25. The van der Waals surface area contributed by atoms with Gasteiger partial charge in [0.2, 0.25) is 0 Å². The third-order valence-electron chi connectivity index (χ3n) is 0.635. The number of thioether (sulfide) groups is 1. The Kier molecular flexibility index (Phi) is 2.08. The molecule has 2 nitrogen and oxygen atoms in total. The molecule has 10 heavy (non-hydrogen) atoms. The first-order valence-corrected chi connectivity index (χ1v) is 3.09. The molecule has 0 fully saturated rings. The zero-order valence-corrected chi connectivity index (χ0v) is 5.42. The molecule has 1 rings (SSSR count). The van der Waals surface area contributed by atoms with E-state index < -0.39 is 6.36 Å². The summed E-state index contributed by atoms with van der Waals surface area (Å²) >= 11 is 0.727. The largest absolute Gasteiger partial charge is 0.574 e. The van der Waals surface area contributed by atoms with Gasteiger partial charge in [-0.3, -0.25) is 0 Å². The molecule has 0 atom stereocenters. The van der Waals surface area contributed by atoms with Crippen molar-refractivity contribution < 1.29 is 17.9 Å². The Morgan fingerprint density at radius 1 is 1.60 bits per heavy atom. The number of nitrogens with zero attached hydrogens (tertiary/aromatic N) is 1. The second-order valence-corrected chi connectivity index (χ2v) is 2.22. The van der Waals surface area contributed by atoms with Gasteiger partial charge < -0.3 is 4.74 Å². The van der Waals surface area contributed by atoms with Crippen molar-refractivity contribution in [2.24, 2.45) is 4.99 Å². The Labute approximate surface area is 59.5 Å². The number of halogens is 3. The molecule has 0 amide bonds. The summed E-state index contributed by atoms with van der Waals surface area (Å²) in [4.78, 5) is 3.35. The second kappa shape index (κ2) is 2.69. The topological polar surface area (TPSA) is 21.6 Å². The van der Waals surface area contributed by atoms with Crippen LogP contribution in [0.4, 0.5) is 13.2 Å². The lowest BCUT2D eigenvalue weighted by atomic mass is 10.8. The van der Waals surface area contributed by atoms with E-state index in [1.54, 1.807) is 0 Å². The van der Waals surface area contributed by atoms with Crippen LogP contribution in [0.1, 0.15) is 0 Å². The van der Waals surface area contributed by atoms with Gasteiger partial charge in [-0.25, -0.2) is 4.99 Å². The molecule has 0 spiro atoms. The summed E-state index contributed by atoms with van der Waals surface area (Å²) in [5.41, 5.74) is 0. The van der Waals surface area contributed by atoms with Crippen LogP contribution in [-0.2, 0) is 4.74 Å². The van der Waals surface area contributed by atoms with E-state index in [0.717, 1.165) is 11.8 Å². The van der Waals surface area contributed by atoms with Gasteiger partial charge in [-0.2, -0.15) is 0 Å². The lowest BCUT2D eigenvalue weighted by Crippen LogP contribution is -2.15. The molecule has 0 N–H and O–H groups in total. The summed E-state index contributed by atoms with van der Waals surface area (Å²) in [7, 11) is 0. The van der Waals surface area contributed by atoms with Crippen LogP contribution in [0.5, 0.6) is 0 Å². The summed E-state index contributed by atoms with van der Waals surface area (Å²) in [5.74, 6) is 2.48. The molecular formula is C4H2F3NOS. The van der Waals surface area contributed by atoms with Gasteiger partial charge in [0.25, 0.3) is 5.23 Å². The minimum Gasteiger partial charge on any atom is -0.382 e. The SMILES string of the molecule is FC(F)(F)OC1=NC[C]S1. The van der Waals surface area contributed by atoms with Gasteiger partial charge in [-0.15, -0.1) is 13.2 Å². The number of rotatable bonds is 0. The first-order chi connectivity index (χ1) is 4.58. The van der Waals surface area contributed by atoms with E-state index in [1.807, 2.05) is 0 Å². The van der Waals surface area contributed by atoms with Crippen molar-refractivity contribution in [1.29, 1.82) is 0 Å². The smallest absolute Gasteiger partial charge is 0.382 e. The lowest BCUT2D eigenvalue weighted by molar-refractivity contribution is -0.281. The molecule has 0 unspecified atom stereocenters. The second-order valence-electron chi connectivity index (χ2n) is 1.38. The average molecular weight is 169 g/mol. The predicted octanol–water partition coefficient (Wildman–Crippen LogP) is 1.66. The first-order valence-electron chi connectivity index (χ1n) is 2.28. The fourth-order valence-corrected chi connectivity index (χ4v) is 0.893. The average Bonchev–Trinajstić information content (AvgIpc) is 2.12. The van der Waals surface area contributed by atoms with Crippen molar-refractivity contribution in [1.82, 2.24) is 0 Å². The standard InChI is InChI=1S/C4H2F3NOS/c5-4(6,7)9-3-8-1-2-10-3/h1H2. The van der Waals surface area contributed by atoms with E-state index in [1.165, 1.54) is 0 Å². The van der Waals surface area contributed by atoms with Crippen molar-refractivity contribution in [3.8, 4) is 0 Å². The highest BCUT2D eigenvalue weighted by molar-refractivity contribution is 8.15. The highest BCUT2D eigenvalue weighted by atomic mass is 32.2. The summed E-state index contributed by atoms with van der Waals surface area (Å²) in [6.45, 7) is 0.163. The number of ether oxygens (including phenoxy) is 1. The number of aliphatic imine (C=N–C) groups is 1. The molecule has 1 heterocycles. The Morgan fingerprint density at radius 2 is 2.30 bits per heavy atom. The third kappa shape index (κ3) is 2.47. The molecule has 2 radical (unpaired) electrons. The van der Waals surface area contributed by atoms with Crippen LogP contribution in [0.15, 0.2) is 4.99 Å². The van der Waals surface area contributed by atoms with Gasteiger partial charge in [0, 0.05) is 0 Å². The summed E-state index contributed by atoms with van der Waals surface area (Å²) < 4.78 is 37.5. The Hall–Kier alpha value is -0.390. The molecule has 0 aromatic carbocycles. The van der Waals surface area contributed by atoms with Gasteiger partial charge in [0.1, 0.15) is 0 Å². The fraction of sp³-hybridized carbons (Fsp3) is 0.500. The molecule has 0 saturated heterocycles. The van der Waals surface area contributed by atoms with Crippen LogP contribution in [0.2, 0.25) is 0 Å². The van der Waals surface area contributed by atoms with E-state index in [-0.39, 0.29) is 11.8 Å². The van der Waals surface area contributed by atoms with Gasteiger partial charge >= 0.3 is 6.36 Å². The fourth-order valence-electron chi connectivity index (χ4n) is 0.375. The van der Waals surface area contributed by atoms with Crippen LogP contribution in [0, 0.1) is 5.75 Å². The van der Waals surface area contributed by atoms with Crippen molar-refractivity contribution >= 4 is 17.0 Å². The van der Waals surface area contributed by atoms with Crippen LogP contribution in [0.3, 0.4) is 0 Å². The lowest BCUT2D eigenvalue weighted by Gasteiger charge is -2.05. The van der Waals surface area contributed by atoms with Gasteiger partial charge in [0.15, 0.2) is 0 Å². The third-order valence-corrected chi connectivity index (χ3v) is 1.30. The minimum absolute atomic E-state index is 0.163. The number of alkyl halides is 3. The molecule has 1 aliphatic rings. The molecule has 56 valence electrons. The maximum Gasteiger partial charge on any atom is 0.574 e. The van der Waals surface area contributed by atoms with Gasteiger partial charge in [0.05, 0.1) is 12.3 Å². The zero-order valence-electron chi connectivity index (χ0n) is 4.60. The maximum absolute atomic E-state index is 11.4. The van der Waals surface area contributed by atoms with Crippen LogP contribution >= 0.6 is 11.8 Å². The summed E-state index contributed by atoms with van der Waals surface area (Å²) in [6, 6.07) is 0. The first kappa shape index (κ1) is 7.71. The van der Waals surface area contributed by atoms with Gasteiger partial charge in [-0.05, 0) is 0 Å². The van der Waals surface area contributed by atoms with E-state index in [4.69, 9.17) is 0 Å². The summed E-state index contributed by atoms with van der Waals surface area (Å²) in [5, 5.41) is -0.382. The molecular weight excluding hydrogens is 167 g/mol. The van der Waals surface area contributed by atoms with E-state index in [9.17, 15) is 13.2 Å². The van der Waals surface area contributed by atoms with E-state index in [2.05, 4.69) is 15.5 Å². The van der Waals surface area contributed by atoms with Crippen LogP contribution in [-0.4, -0.2) is 18.1 Å². The Morgan fingerprint density at radius 3 is 2.70 bits per heavy atom. The molecule has 1 aliphatic heterocycles. The number of hydrogen-bond donors (Lipinski definition) is 0. The van der Waals surface area contributed by atoms with Crippen molar-refractivity contribution in [3.05, 3.63) is 5.75 Å². The van der Waals surface area contributed by atoms with Crippen LogP contribution in [0.25, 0.3) is 0 Å². The van der Waals surface area contributed by atoms with Gasteiger partial charge in [-0.1, -0.05) is 11.8 Å². The van der Waals surface area contributed by atoms with E-state index in [0.29, 0.717) is 0 Å². The molecule has 0 aliphatic carbocycles. The van der Waals surface area contributed by atoms with Crippen LogP contribution < -0.4 is 0 Å². The van der Waals surface area contributed by atoms with Crippen molar-refractivity contribution in [2.75, 3.05) is 6.54 Å². The predicted molar refractivity (Wildman–Crippen MR) is 30.3 cm³/mol. The molecule has 0 saturated carbocycles. The molecule has 0 bridgehead atoms. The zero-order chi connectivity index (χ0) is 7.61. The summed E-state index contributed by atoms with van der Waals surface area (Å²) in [6.07, 6.45) is -4.63. The van der Waals surface area contributed by atoms with E-state index >= 15 is 0 Å². The Bertz CT molecular complexity index is 155. The van der Waals surface area contributed by atoms with Crippen molar-refractivity contribution in [3.63, 3.8) is 0 Å². The Balaban J connectivity index is 2.38. The minimum atomic E-state index is -4.63. The normalized spacial score (nSPS) is 18.9. The molecule has 0 aromatic heterocycles. The molecule has 0 aromatic rings. The quantitative estimate of drug-likeness (QED) is 0.550. The maximum atomic E-state index is 11.4. The van der Waals surface area contributed by atoms with Crippen molar-refractivity contribution in [2.45, 2.75) is 6.36 Å². The molecule has 6 heteroatoms. The monoisotopic (exact) mass is 169 g/mol. The highest BCUT2D eigenvalue weighted by Gasteiger charge is 2.33. The number of hydrogen-bond acceptors (Lipinski definition) is 3.